The first kappa shape index (κ1) is 22.3. The topological polar surface area (TPSA) is 79.7 Å². The number of aromatic nitrogens is 1. The van der Waals surface area contributed by atoms with Crippen molar-refractivity contribution in [1.29, 1.82) is 0 Å². The molecule has 1 atom stereocenters. The number of likely N-dealkylation sites (tertiary alicyclic amines) is 1. The number of hydrogen-bond donors (Lipinski definition) is 1. The highest BCUT2D eigenvalue weighted by Gasteiger charge is 2.46. The number of nitrogens with zero attached hydrogens (tertiary/aromatic N) is 2. The minimum atomic E-state index is -0.751. The predicted molar refractivity (Wildman–Crippen MR) is 126 cm³/mol. The largest absolute Gasteiger partial charge is 0.507 e. The van der Waals surface area contributed by atoms with Crippen LogP contribution in [0.5, 0.6) is 5.75 Å². The van der Waals surface area contributed by atoms with Gasteiger partial charge in [0.25, 0.3) is 11.7 Å². The number of amides is 1. The monoisotopic (exact) mass is 442 g/mol. The van der Waals surface area contributed by atoms with E-state index < -0.39 is 17.7 Å². The van der Waals surface area contributed by atoms with Crippen LogP contribution in [0.4, 0.5) is 0 Å². The van der Waals surface area contributed by atoms with Crippen molar-refractivity contribution >= 4 is 17.4 Å². The lowest BCUT2D eigenvalue weighted by Crippen LogP contribution is -2.29. The highest BCUT2D eigenvalue weighted by atomic mass is 16.5. The molecule has 1 aliphatic heterocycles. The summed E-state index contributed by atoms with van der Waals surface area (Å²) in [5.41, 5.74) is 4.52. The van der Waals surface area contributed by atoms with Crippen LogP contribution in [0.3, 0.4) is 0 Å². The number of ether oxygens (including phenoxy) is 1. The van der Waals surface area contributed by atoms with Gasteiger partial charge < -0.3 is 14.7 Å². The third-order valence-electron chi connectivity index (χ3n) is 5.96. The number of carbonyl (C=O) groups excluding carboxylic acids is 2. The number of benzene rings is 2. The fourth-order valence-electron chi connectivity index (χ4n) is 4.47. The summed E-state index contributed by atoms with van der Waals surface area (Å²) in [4.78, 5) is 32.3. The number of carbonyl (C=O) groups is 2. The molecule has 0 bridgehead atoms. The molecule has 6 heteroatoms. The molecule has 6 nitrogen and oxygen atoms in total. The summed E-state index contributed by atoms with van der Waals surface area (Å²) < 4.78 is 5.55. The van der Waals surface area contributed by atoms with E-state index in [-0.39, 0.29) is 17.9 Å². The molecule has 1 aliphatic rings. The fourth-order valence-corrected chi connectivity index (χ4v) is 4.47. The van der Waals surface area contributed by atoms with E-state index in [0.29, 0.717) is 17.0 Å². The fraction of sp³-hybridized carbons (Fsp3) is 0.222. The third-order valence-corrected chi connectivity index (χ3v) is 5.96. The molecule has 2 heterocycles. The summed E-state index contributed by atoms with van der Waals surface area (Å²) in [7, 11) is 1.52. The maximum Gasteiger partial charge on any atom is 0.296 e. The van der Waals surface area contributed by atoms with Crippen molar-refractivity contribution in [2.45, 2.75) is 33.4 Å². The maximum atomic E-state index is 13.3. The molecule has 1 fully saturated rings. The molecule has 0 spiro atoms. The molecule has 4 rings (SSSR count). The Morgan fingerprint density at radius 3 is 2.42 bits per heavy atom. The Morgan fingerprint density at radius 1 is 1.03 bits per heavy atom. The molecule has 2 aromatic carbocycles. The van der Waals surface area contributed by atoms with Crippen LogP contribution in [0.2, 0.25) is 0 Å². The molecule has 0 radical (unpaired) electrons. The Hall–Kier alpha value is -3.93. The van der Waals surface area contributed by atoms with Crippen molar-refractivity contribution in [1.82, 2.24) is 9.88 Å². The van der Waals surface area contributed by atoms with Crippen LogP contribution in [-0.2, 0) is 16.1 Å². The van der Waals surface area contributed by atoms with Gasteiger partial charge in [0.2, 0.25) is 0 Å². The van der Waals surface area contributed by atoms with Crippen molar-refractivity contribution in [3.8, 4) is 5.75 Å². The van der Waals surface area contributed by atoms with Crippen molar-refractivity contribution in [3.05, 3.63) is 99.9 Å². The zero-order valence-electron chi connectivity index (χ0n) is 19.1. The first-order chi connectivity index (χ1) is 15.8. The number of rotatable bonds is 5. The van der Waals surface area contributed by atoms with Crippen molar-refractivity contribution in [2.75, 3.05) is 7.11 Å². The maximum absolute atomic E-state index is 13.3. The zero-order chi connectivity index (χ0) is 23.7. The Morgan fingerprint density at radius 2 is 1.76 bits per heavy atom. The lowest BCUT2D eigenvalue weighted by atomic mass is 9.91. The van der Waals surface area contributed by atoms with Gasteiger partial charge >= 0.3 is 0 Å². The minimum Gasteiger partial charge on any atom is -0.507 e. The van der Waals surface area contributed by atoms with Crippen LogP contribution < -0.4 is 4.74 Å². The number of ketones is 1. The van der Waals surface area contributed by atoms with Crippen molar-refractivity contribution in [3.63, 3.8) is 0 Å². The van der Waals surface area contributed by atoms with Gasteiger partial charge in [-0.25, -0.2) is 0 Å². The first-order valence-electron chi connectivity index (χ1n) is 10.7. The molecule has 168 valence electrons. The molecule has 0 aliphatic carbocycles. The van der Waals surface area contributed by atoms with Gasteiger partial charge in [0.05, 0.1) is 36.5 Å². The molecule has 1 amide bonds. The van der Waals surface area contributed by atoms with Crippen molar-refractivity contribution in [2.24, 2.45) is 0 Å². The SMILES string of the molecule is COc1c(C)cc(C)cc1/C(O)=C1\C(=O)C(=O)N(Cc2ccccn2)C1c1ccccc1C. The summed E-state index contributed by atoms with van der Waals surface area (Å²) >= 11 is 0. The molecule has 1 aromatic heterocycles. The van der Waals surface area contributed by atoms with Gasteiger partial charge in [-0.3, -0.25) is 14.6 Å². The molecule has 1 unspecified atom stereocenters. The number of Topliss-reactive ketones (excluding diaryl/α,β-unsaturated/α-hetero) is 1. The first-order valence-corrected chi connectivity index (χ1v) is 10.7. The molecular weight excluding hydrogens is 416 g/mol. The lowest BCUT2D eigenvalue weighted by Gasteiger charge is -2.26. The highest BCUT2D eigenvalue weighted by molar-refractivity contribution is 6.46. The Kier molecular flexibility index (Phi) is 6.01. The Bertz CT molecular complexity index is 1260. The smallest absolute Gasteiger partial charge is 0.296 e. The van der Waals surface area contributed by atoms with Crippen LogP contribution in [0.25, 0.3) is 5.76 Å². The summed E-state index contributed by atoms with van der Waals surface area (Å²) in [6.45, 7) is 5.85. The van der Waals surface area contributed by atoms with Gasteiger partial charge in [0.1, 0.15) is 11.5 Å². The van der Waals surface area contributed by atoms with Crippen LogP contribution in [0.15, 0.2) is 66.4 Å². The van der Waals surface area contributed by atoms with Gasteiger partial charge in [-0.2, -0.15) is 0 Å². The highest BCUT2D eigenvalue weighted by Crippen LogP contribution is 2.43. The van der Waals surface area contributed by atoms with E-state index in [9.17, 15) is 14.7 Å². The number of hydrogen-bond acceptors (Lipinski definition) is 5. The normalized spacial score (nSPS) is 17.5. The quantitative estimate of drug-likeness (QED) is 0.354. The van der Waals surface area contributed by atoms with Crippen LogP contribution in [-0.4, -0.2) is 33.8 Å². The molecule has 3 aromatic rings. The summed E-state index contributed by atoms with van der Waals surface area (Å²) in [5, 5.41) is 11.5. The predicted octanol–water partition coefficient (Wildman–Crippen LogP) is 4.64. The van der Waals surface area contributed by atoms with Gasteiger partial charge in [0, 0.05) is 6.20 Å². The standard InChI is InChI=1S/C27H26N2O4/c1-16-13-18(3)26(33-4)21(14-16)24(30)22-23(20-11-6-5-9-17(20)2)29(27(32)25(22)31)15-19-10-7-8-12-28-19/h5-14,23,30H,15H2,1-4H3/b24-22+. The van der Waals surface area contributed by atoms with E-state index in [1.165, 1.54) is 12.0 Å². The zero-order valence-corrected chi connectivity index (χ0v) is 19.1. The minimum absolute atomic E-state index is 0.0496. The van der Waals surface area contributed by atoms with Crippen molar-refractivity contribution < 1.29 is 19.4 Å². The van der Waals surface area contributed by atoms with E-state index in [1.807, 2.05) is 57.2 Å². The second-order valence-corrected chi connectivity index (χ2v) is 8.27. The van der Waals surface area contributed by atoms with Crippen LogP contribution in [0.1, 0.15) is 39.6 Å². The van der Waals surface area contributed by atoms with Gasteiger partial charge in [-0.05, 0) is 61.2 Å². The summed E-state index contributed by atoms with van der Waals surface area (Å²) in [6, 6.07) is 16.0. The van der Waals surface area contributed by atoms with E-state index in [4.69, 9.17) is 4.74 Å². The average molecular weight is 443 g/mol. The van der Waals surface area contributed by atoms with E-state index >= 15 is 0 Å². The van der Waals surface area contributed by atoms with Crippen LogP contribution >= 0.6 is 0 Å². The second kappa shape index (κ2) is 8.90. The number of aliphatic hydroxyl groups is 1. The number of pyridine rings is 1. The molecule has 33 heavy (non-hydrogen) atoms. The summed E-state index contributed by atoms with van der Waals surface area (Å²) in [6.07, 6.45) is 1.65. The molecule has 1 saturated heterocycles. The van der Waals surface area contributed by atoms with Gasteiger partial charge in [-0.1, -0.05) is 36.4 Å². The Labute approximate surface area is 193 Å². The molecule has 0 saturated carbocycles. The van der Waals surface area contributed by atoms with Gasteiger partial charge in [-0.15, -0.1) is 0 Å². The lowest BCUT2D eigenvalue weighted by molar-refractivity contribution is -0.140. The number of aryl methyl sites for hydroxylation is 3. The van der Waals surface area contributed by atoms with Crippen LogP contribution in [0, 0.1) is 20.8 Å². The average Bonchev–Trinajstić information content (AvgIpc) is 3.04. The van der Waals surface area contributed by atoms with E-state index in [1.54, 1.807) is 24.4 Å². The molecular formula is C27H26N2O4. The number of aliphatic hydroxyl groups excluding tert-OH is 1. The number of methoxy groups -OCH3 is 1. The second-order valence-electron chi connectivity index (χ2n) is 8.27. The molecule has 1 N–H and O–H groups in total. The van der Waals surface area contributed by atoms with Gasteiger partial charge in [0.15, 0.2) is 0 Å². The van der Waals surface area contributed by atoms with E-state index in [2.05, 4.69) is 4.98 Å². The Balaban J connectivity index is 1.95. The summed E-state index contributed by atoms with van der Waals surface area (Å²) in [5.74, 6) is -1.16. The van der Waals surface area contributed by atoms with E-state index in [0.717, 1.165) is 22.3 Å². The third kappa shape index (κ3) is 4.00.